The third-order valence-corrected chi connectivity index (χ3v) is 8.15. The molecule has 1 fully saturated rings. The zero-order chi connectivity index (χ0) is 36.4. The van der Waals surface area contributed by atoms with Crippen molar-refractivity contribution in [2.75, 3.05) is 32.6 Å². The second kappa shape index (κ2) is 17.7. The lowest BCUT2D eigenvalue weighted by Crippen LogP contribution is -2.29. The van der Waals surface area contributed by atoms with Gasteiger partial charge in [0.25, 0.3) is 0 Å². The SMILES string of the molecule is CC.CCCN=Cc1cc(C)cc(C)c1N.CN1COc2c(cc(C(CNC=C3CC3)c3cccc(F)c3)nc2-c2cc(O)c(F)cc2F)C1. The molecule has 4 N–H and O–H groups in total. The number of nitrogen functional groups attached to an aromatic ring is 1. The molecule has 0 bridgehead atoms. The highest BCUT2D eigenvalue weighted by atomic mass is 19.1. The molecule has 266 valence electrons. The summed E-state index contributed by atoms with van der Waals surface area (Å²) in [6, 6.07) is 14.0. The van der Waals surface area contributed by atoms with E-state index in [1.807, 2.05) is 57.3 Å². The molecule has 1 saturated carbocycles. The van der Waals surface area contributed by atoms with Gasteiger partial charge in [-0.2, -0.15) is 0 Å². The molecule has 1 aliphatic carbocycles. The molecule has 7 nitrogen and oxygen atoms in total. The number of pyridine rings is 1. The summed E-state index contributed by atoms with van der Waals surface area (Å²) in [7, 11) is 1.89. The number of fused-ring (bicyclic) bond motifs is 1. The lowest BCUT2D eigenvalue weighted by atomic mass is 9.92. The quantitative estimate of drug-likeness (QED) is 0.120. The highest BCUT2D eigenvalue weighted by Crippen LogP contribution is 2.40. The maximum atomic E-state index is 14.8. The molecular formula is C40H48F3N5O2. The van der Waals surface area contributed by atoms with E-state index in [0.717, 1.165) is 54.3 Å². The number of nitrogens with zero attached hydrogens (tertiary/aromatic N) is 3. The number of phenolic OH excluding ortho intramolecular Hbond substituents is 1. The number of aryl methyl sites for hydroxylation is 2. The van der Waals surface area contributed by atoms with Crippen molar-refractivity contribution in [1.82, 2.24) is 15.2 Å². The number of aromatic hydroxyl groups is 1. The van der Waals surface area contributed by atoms with E-state index in [1.54, 1.807) is 6.07 Å². The van der Waals surface area contributed by atoms with Crippen molar-refractivity contribution in [3.8, 4) is 22.8 Å². The van der Waals surface area contributed by atoms with E-state index in [9.17, 15) is 18.3 Å². The molecule has 10 heteroatoms. The van der Waals surface area contributed by atoms with Crippen LogP contribution in [-0.4, -0.2) is 48.1 Å². The summed E-state index contributed by atoms with van der Waals surface area (Å²) in [5.41, 5.74) is 13.7. The predicted octanol–water partition coefficient (Wildman–Crippen LogP) is 8.79. The number of hydrogen-bond donors (Lipinski definition) is 3. The van der Waals surface area contributed by atoms with Crippen LogP contribution in [0.1, 0.15) is 79.5 Å². The lowest BCUT2D eigenvalue weighted by Gasteiger charge is -2.29. The standard InChI is InChI=1S/C26H24F3N3O2.C12H18N2.C2H6/c1-32-13-17-8-23(20(12-30-11-15-5-6-15)16-3-2-4-18(27)7-16)31-25(26(17)34-14-32)19-9-24(33)22(29)10-21(19)28;1-4-5-14-8-11-7-9(2)6-10(3)12(11)13;1-2/h2-4,7-11,20,30,33H,5-6,12-14H2,1H3;6-8H,4-5,13H2,1-3H3;1-2H3. The van der Waals surface area contributed by atoms with Gasteiger partial charge in [0.2, 0.25) is 0 Å². The number of allylic oxidation sites excluding steroid dienone is 1. The van der Waals surface area contributed by atoms with Gasteiger partial charge in [0, 0.05) is 60.2 Å². The van der Waals surface area contributed by atoms with Crippen LogP contribution in [-0.2, 0) is 6.54 Å². The Labute approximate surface area is 293 Å². The molecule has 0 radical (unpaired) electrons. The third-order valence-electron chi connectivity index (χ3n) is 8.15. The van der Waals surface area contributed by atoms with Crippen molar-refractivity contribution < 1.29 is 23.0 Å². The summed E-state index contributed by atoms with van der Waals surface area (Å²) < 4.78 is 48.6. The second-order valence-electron chi connectivity index (χ2n) is 12.4. The molecule has 0 spiro atoms. The zero-order valence-corrected chi connectivity index (χ0v) is 29.8. The fourth-order valence-electron chi connectivity index (χ4n) is 5.54. The van der Waals surface area contributed by atoms with E-state index in [4.69, 9.17) is 15.5 Å². The van der Waals surface area contributed by atoms with Gasteiger partial charge >= 0.3 is 0 Å². The second-order valence-corrected chi connectivity index (χ2v) is 12.4. The number of nitrogens with two attached hydrogens (primary N) is 1. The van der Waals surface area contributed by atoms with Crippen molar-refractivity contribution in [2.45, 2.75) is 66.3 Å². The molecule has 1 aromatic heterocycles. The molecule has 2 aliphatic rings. The van der Waals surface area contributed by atoms with Gasteiger partial charge in [-0.15, -0.1) is 0 Å². The minimum absolute atomic E-state index is 0.0624. The normalized spacial score (nSPS) is 14.1. The van der Waals surface area contributed by atoms with Crippen LogP contribution >= 0.6 is 0 Å². The van der Waals surface area contributed by atoms with Gasteiger partial charge in [-0.1, -0.05) is 50.1 Å². The summed E-state index contributed by atoms with van der Waals surface area (Å²) in [5, 5.41) is 13.2. The lowest BCUT2D eigenvalue weighted by molar-refractivity contribution is 0.121. The monoisotopic (exact) mass is 687 g/mol. The van der Waals surface area contributed by atoms with Crippen LogP contribution in [0.4, 0.5) is 18.9 Å². The van der Waals surface area contributed by atoms with Gasteiger partial charge in [-0.05, 0) is 87.8 Å². The van der Waals surface area contributed by atoms with Crippen molar-refractivity contribution in [3.05, 3.63) is 117 Å². The Morgan fingerprint density at radius 2 is 1.82 bits per heavy atom. The zero-order valence-electron chi connectivity index (χ0n) is 29.8. The number of rotatable bonds is 9. The van der Waals surface area contributed by atoms with Crippen molar-refractivity contribution in [1.29, 1.82) is 0 Å². The number of anilines is 1. The van der Waals surface area contributed by atoms with E-state index in [0.29, 0.717) is 36.2 Å². The maximum Gasteiger partial charge on any atom is 0.167 e. The molecule has 0 saturated heterocycles. The Bertz CT molecular complexity index is 1840. The first kappa shape index (κ1) is 38.0. The summed E-state index contributed by atoms with van der Waals surface area (Å²) in [5.74, 6) is -2.91. The Hall–Kier alpha value is -4.83. The van der Waals surface area contributed by atoms with Gasteiger partial charge in [0.15, 0.2) is 17.3 Å². The van der Waals surface area contributed by atoms with Crippen molar-refractivity contribution in [3.63, 3.8) is 0 Å². The summed E-state index contributed by atoms with van der Waals surface area (Å²) in [4.78, 5) is 11.0. The molecule has 6 rings (SSSR count). The van der Waals surface area contributed by atoms with Crippen LogP contribution in [0, 0.1) is 31.3 Å². The number of ether oxygens (including phenoxy) is 1. The van der Waals surface area contributed by atoms with Gasteiger partial charge in [-0.3, -0.25) is 9.89 Å². The first-order valence-electron chi connectivity index (χ1n) is 17.1. The van der Waals surface area contributed by atoms with Crippen LogP contribution in [0.5, 0.6) is 11.5 Å². The Kier molecular flexibility index (Phi) is 13.5. The molecule has 50 heavy (non-hydrogen) atoms. The van der Waals surface area contributed by atoms with E-state index in [1.165, 1.54) is 23.3 Å². The number of hydrogen-bond acceptors (Lipinski definition) is 7. The Morgan fingerprint density at radius 1 is 1.06 bits per heavy atom. The van der Waals surface area contributed by atoms with E-state index < -0.39 is 17.4 Å². The predicted molar refractivity (Wildman–Crippen MR) is 196 cm³/mol. The topological polar surface area (TPSA) is 96.0 Å². The van der Waals surface area contributed by atoms with Crippen molar-refractivity contribution in [2.24, 2.45) is 4.99 Å². The minimum Gasteiger partial charge on any atom is -0.505 e. The molecule has 1 atom stereocenters. The number of benzene rings is 3. The van der Waals surface area contributed by atoms with E-state index in [-0.39, 0.29) is 29.7 Å². The number of aromatic nitrogens is 1. The van der Waals surface area contributed by atoms with Crippen molar-refractivity contribution >= 4 is 11.9 Å². The number of nitrogens with one attached hydrogen (secondary N) is 1. The van der Waals surface area contributed by atoms with Crippen LogP contribution in [0.3, 0.4) is 0 Å². The van der Waals surface area contributed by atoms with Gasteiger partial charge in [-0.25, -0.2) is 18.2 Å². The van der Waals surface area contributed by atoms with Gasteiger partial charge in [0.1, 0.15) is 24.1 Å². The third kappa shape index (κ3) is 9.88. The van der Waals surface area contributed by atoms with Crippen LogP contribution in [0.15, 0.2) is 71.4 Å². The average Bonchev–Trinajstić information content (AvgIpc) is 3.92. The summed E-state index contributed by atoms with van der Waals surface area (Å²) >= 11 is 0. The molecule has 0 amide bonds. The minimum atomic E-state index is -1.05. The fraction of sp³-hybridized carbons (Fsp3) is 0.350. The first-order valence-corrected chi connectivity index (χ1v) is 17.1. The van der Waals surface area contributed by atoms with Crippen LogP contribution in [0.25, 0.3) is 11.3 Å². The average molecular weight is 688 g/mol. The van der Waals surface area contributed by atoms with E-state index in [2.05, 4.69) is 36.3 Å². The smallest absolute Gasteiger partial charge is 0.167 e. The highest BCUT2D eigenvalue weighted by molar-refractivity contribution is 5.88. The number of phenols is 1. The maximum absolute atomic E-state index is 14.8. The molecule has 2 heterocycles. The van der Waals surface area contributed by atoms with Gasteiger partial charge < -0.3 is 20.9 Å². The Balaban J connectivity index is 0.000000295. The summed E-state index contributed by atoms with van der Waals surface area (Å²) in [6.45, 7) is 12.3. The first-order chi connectivity index (χ1) is 24.0. The van der Waals surface area contributed by atoms with E-state index >= 15 is 0 Å². The molecule has 3 aromatic carbocycles. The molecular weight excluding hydrogens is 639 g/mol. The Morgan fingerprint density at radius 3 is 2.52 bits per heavy atom. The number of halogens is 3. The highest BCUT2D eigenvalue weighted by Gasteiger charge is 2.27. The fourth-order valence-corrected chi connectivity index (χ4v) is 5.54. The molecule has 1 unspecified atom stereocenters. The van der Waals surface area contributed by atoms with Gasteiger partial charge in [0.05, 0.1) is 5.69 Å². The van der Waals surface area contributed by atoms with Crippen LogP contribution < -0.4 is 15.8 Å². The largest absolute Gasteiger partial charge is 0.505 e. The number of aliphatic imine (C=N–C) groups is 1. The summed E-state index contributed by atoms with van der Waals surface area (Å²) in [6.07, 6.45) is 7.05. The van der Waals surface area contributed by atoms with Crippen LogP contribution in [0.2, 0.25) is 0 Å². The molecule has 4 aromatic rings. The molecule has 1 aliphatic heterocycles.